The number of nitrogens with one attached hydrogen (secondary N) is 1. The minimum atomic E-state index is -0.757. The van der Waals surface area contributed by atoms with Crippen LogP contribution < -0.4 is 5.32 Å². The van der Waals surface area contributed by atoms with Crippen molar-refractivity contribution in [2.45, 2.75) is 12.8 Å². The Morgan fingerprint density at radius 3 is 2.60 bits per heavy atom. The Hall–Kier alpha value is -2.73. The highest BCUT2D eigenvalue weighted by Crippen LogP contribution is 2.28. The lowest BCUT2D eigenvalue weighted by Crippen LogP contribution is -2.12. The van der Waals surface area contributed by atoms with Crippen molar-refractivity contribution in [2.24, 2.45) is 0 Å². The summed E-state index contributed by atoms with van der Waals surface area (Å²) in [5, 5.41) is 2.97. The fraction of sp³-hybridized carbons (Fsp3) is 0.111. The van der Waals surface area contributed by atoms with Crippen molar-refractivity contribution in [2.75, 3.05) is 5.32 Å². The van der Waals surface area contributed by atoms with Gasteiger partial charge in [-0.25, -0.2) is 13.8 Å². The predicted octanol–water partition coefficient (Wildman–Crippen LogP) is 4.84. The highest BCUT2D eigenvalue weighted by Gasteiger charge is 2.11. The number of carbonyl (C=O) groups is 1. The Morgan fingerprint density at radius 2 is 1.88 bits per heavy atom. The van der Waals surface area contributed by atoms with Crippen LogP contribution in [0.4, 0.5) is 14.5 Å². The molecule has 25 heavy (non-hydrogen) atoms. The maximum Gasteiger partial charge on any atom is 0.224 e. The highest BCUT2D eigenvalue weighted by atomic mass is 35.5. The fourth-order valence-corrected chi connectivity index (χ4v) is 2.51. The second-order valence-corrected chi connectivity index (χ2v) is 5.71. The molecule has 1 N–H and O–H groups in total. The number of carbonyl (C=O) groups excluding carboxylic acids is 1. The van der Waals surface area contributed by atoms with Gasteiger partial charge in [0.2, 0.25) is 5.91 Å². The molecule has 0 radical (unpaired) electrons. The van der Waals surface area contributed by atoms with E-state index >= 15 is 0 Å². The average Bonchev–Trinajstić information content (AvgIpc) is 3.01. The third-order valence-electron chi connectivity index (χ3n) is 3.41. The van der Waals surface area contributed by atoms with Crippen molar-refractivity contribution in [3.63, 3.8) is 0 Å². The second-order valence-electron chi connectivity index (χ2n) is 5.30. The first-order valence-corrected chi connectivity index (χ1v) is 7.84. The normalized spacial score (nSPS) is 10.7. The lowest BCUT2D eigenvalue weighted by Gasteiger charge is -2.04. The van der Waals surface area contributed by atoms with Gasteiger partial charge >= 0.3 is 0 Å². The van der Waals surface area contributed by atoms with Crippen molar-refractivity contribution in [1.29, 1.82) is 0 Å². The minimum absolute atomic E-state index is 0.0562. The van der Waals surface area contributed by atoms with E-state index in [1.807, 2.05) is 12.1 Å². The molecule has 128 valence electrons. The Bertz CT molecular complexity index is 891. The van der Waals surface area contributed by atoms with E-state index in [9.17, 15) is 13.6 Å². The first-order chi connectivity index (χ1) is 12.0. The van der Waals surface area contributed by atoms with Gasteiger partial charge in [0.05, 0.1) is 11.2 Å². The molecule has 4 nitrogen and oxygen atoms in total. The van der Waals surface area contributed by atoms with Crippen LogP contribution in [-0.4, -0.2) is 10.9 Å². The number of aryl methyl sites for hydroxylation is 1. The number of nitrogens with zero attached hydrogens (tertiary/aromatic N) is 1. The summed E-state index contributed by atoms with van der Waals surface area (Å²) in [5.41, 5.74) is 0.772. The van der Waals surface area contributed by atoms with Crippen LogP contribution in [0.2, 0.25) is 5.02 Å². The van der Waals surface area contributed by atoms with Gasteiger partial charge in [0, 0.05) is 30.2 Å². The van der Waals surface area contributed by atoms with Crippen LogP contribution in [0, 0.1) is 11.6 Å². The SMILES string of the molecule is O=C(CCc1ncc(-c2ccccc2Cl)o1)Nc1cc(F)cc(F)c1. The number of rotatable bonds is 5. The van der Waals surface area contributed by atoms with Gasteiger partial charge < -0.3 is 9.73 Å². The van der Waals surface area contributed by atoms with Crippen LogP contribution in [0.25, 0.3) is 11.3 Å². The molecular weight excluding hydrogens is 350 g/mol. The van der Waals surface area contributed by atoms with Gasteiger partial charge in [-0.2, -0.15) is 0 Å². The number of anilines is 1. The van der Waals surface area contributed by atoms with Crippen molar-refractivity contribution < 1.29 is 18.0 Å². The summed E-state index contributed by atoms with van der Waals surface area (Å²) in [6.07, 6.45) is 1.84. The summed E-state index contributed by atoms with van der Waals surface area (Å²) in [6, 6.07) is 10.0. The minimum Gasteiger partial charge on any atom is -0.441 e. The molecule has 0 aliphatic carbocycles. The quantitative estimate of drug-likeness (QED) is 0.706. The van der Waals surface area contributed by atoms with E-state index in [4.69, 9.17) is 16.0 Å². The van der Waals surface area contributed by atoms with Crippen LogP contribution in [0.1, 0.15) is 12.3 Å². The lowest BCUT2D eigenvalue weighted by atomic mass is 10.2. The lowest BCUT2D eigenvalue weighted by molar-refractivity contribution is -0.116. The van der Waals surface area contributed by atoms with E-state index in [-0.39, 0.29) is 18.5 Å². The molecule has 0 atom stereocenters. The van der Waals surface area contributed by atoms with Crippen LogP contribution in [0.15, 0.2) is 53.1 Å². The Balaban J connectivity index is 1.60. The zero-order chi connectivity index (χ0) is 17.8. The third-order valence-corrected chi connectivity index (χ3v) is 3.73. The van der Waals surface area contributed by atoms with Gasteiger partial charge in [-0.15, -0.1) is 0 Å². The van der Waals surface area contributed by atoms with E-state index < -0.39 is 17.5 Å². The molecule has 0 saturated carbocycles. The first-order valence-electron chi connectivity index (χ1n) is 7.47. The Morgan fingerprint density at radius 1 is 1.16 bits per heavy atom. The van der Waals surface area contributed by atoms with E-state index in [0.717, 1.165) is 18.2 Å². The van der Waals surface area contributed by atoms with E-state index in [2.05, 4.69) is 10.3 Å². The summed E-state index contributed by atoms with van der Waals surface area (Å²) in [4.78, 5) is 16.0. The fourth-order valence-electron chi connectivity index (χ4n) is 2.28. The number of aromatic nitrogens is 1. The molecule has 1 heterocycles. The van der Waals surface area contributed by atoms with Crippen molar-refractivity contribution in [3.05, 3.63) is 71.2 Å². The van der Waals surface area contributed by atoms with Crippen LogP contribution in [-0.2, 0) is 11.2 Å². The molecule has 0 unspecified atom stereocenters. The summed E-state index contributed by atoms with van der Waals surface area (Å²) in [5.74, 6) is -1.04. The smallest absolute Gasteiger partial charge is 0.224 e. The highest BCUT2D eigenvalue weighted by molar-refractivity contribution is 6.33. The molecule has 2 aromatic carbocycles. The Kier molecular flexibility index (Phi) is 5.09. The number of hydrogen-bond donors (Lipinski definition) is 1. The van der Waals surface area contributed by atoms with Gasteiger partial charge in [-0.05, 0) is 24.3 Å². The number of benzene rings is 2. The topological polar surface area (TPSA) is 55.1 Å². The molecule has 0 aliphatic rings. The maximum atomic E-state index is 13.1. The van der Waals surface area contributed by atoms with Crippen LogP contribution >= 0.6 is 11.6 Å². The number of halogens is 3. The predicted molar refractivity (Wildman–Crippen MR) is 90.3 cm³/mol. The molecular formula is C18H13ClF2N2O2. The zero-order valence-corrected chi connectivity index (χ0v) is 13.7. The van der Waals surface area contributed by atoms with Crippen molar-refractivity contribution in [3.8, 4) is 11.3 Å². The molecule has 1 aromatic heterocycles. The monoisotopic (exact) mass is 362 g/mol. The van der Waals surface area contributed by atoms with Crippen LogP contribution in [0.3, 0.4) is 0 Å². The van der Waals surface area contributed by atoms with Gasteiger partial charge in [-0.1, -0.05) is 23.7 Å². The van der Waals surface area contributed by atoms with E-state index in [0.29, 0.717) is 22.2 Å². The molecule has 0 spiro atoms. The van der Waals surface area contributed by atoms with Gasteiger partial charge in [0.25, 0.3) is 0 Å². The first kappa shape index (κ1) is 17.1. The van der Waals surface area contributed by atoms with E-state index in [1.165, 1.54) is 6.20 Å². The Labute approximate surface area is 147 Å². The number of hydrogen-bond acceptors (Lipinski definition) is 3. The van der Waals surface area contributed by atoms with Crippen molar-refractivity contribution in [1.82, 2.24) is 4.98 Å². The van der Waals surface area contributed by atoms with Gasteiger partial charge in [0.1, 0.15) is 11.6 Å². The second kappa shape index (κ2) is 7.44. The number of amides is 1. The van der Waals surface area contributed by atoms with E-state index in [1.54, 1.807) is 12.1 Å². The summed E-state index contributed by atoms with van der Waals surface area (Å²) < 4.78 is 31.8. The molecule has 1 amide bonds. The zero-order valence-electron chi connectivity index (χ0n) is 12.9. The van der Waals surface area contributed by atoms with Crippen LogP contribution in [0.5, 0.6) is 0 Å². The summed E-state index contributed by atoms with van der Waals surface area (Å²) in [7, 11) is 0. The van der Waals surface area contributed by atoms with Gasteiger partial charge in [-0.3, -0.25) is 4.79 Å². The van der Waals surface area contributed by atoms with Gasteiger partial charge in [0.15, 0.2) is 11.7 Å². The maximum absolute atomic E-state index is 13.1. The average molecular weight is 363 g/mol. The molecule has 3 rings (SSSR count). The third kappa shape index (κ3) is 4.42. The molecule has 0 aliphatic heterocycles. The largest absolute Gasteiger partial charge is 0.441 e. The molecule has 0 saturated heterocycles. The summed E-state index contributed by atoms with van der Waals surface area (Å²) in [6.45, 7) is 0. The molecule has 7 heteroatoms. The standard InChI is InChI=1S/C18H13ClF2N2O2/c19-15-4-2-1-3-14(15)16-10-22-18(25-16)6-5-17(24)23-13-8-11(20)7-12(21)9-13/h1-4,7-10H,5-6H2,(H,23,24). The molecule has 0 bridgehead atoms. The summed E-state index contributed by atoms with van der Waals surface area (Å²) >= 11 is 6.10. The molecule has 0 fully saturated rings. The molecule has 3 aromatic rings. The van der Waals surface area contributed by atoms with Crippen molar-refractivity contribution >= 4 is 23.2 Å². The number of oxazole rings is 1.